The fourth-order valence-corrected chi connectivity index (χ4v) is 2.81. The average molecular weight is 278 g/mol. The molecule has 1 aromatic rings. The first-order valence-corrected chi connectivity index (χ1v) is 7.38. The predicted molar refractivity (Wildman–Crippen MR) is 78.0 cm³/mol. The molecule has 1 aliphatic rings. The Morgan fingerprint density at radius 3 is 2.95 bits per heavy atom. The first kappa shape index (κ1) is 15.0. The van der Waals surface area contributed by atoms with E-state index < -0.39 is 0 Å². The third-order valence-corrected chi connectivity index (χ3v) is 3.96. The molecule has 1 aromatic carbocycles. The molecule has 0 aromatic heterocycles. The van der Waals surface area contributed by atoms with Crippen molar-refractivity contribution in [2.45, 2.75) is 38.6 Å². The van der Waals surface area contributed by atoms with Crippen LogP contribution in [0.4, 0.5) is 4.39 Å². The minimum atomic E-state index is -0.122. The van der Waals surface area contributed by atoms with Gasteiger partial charge in [0.2, 0.25) is 5.91 Å². The maximum absolute atomic E-state index is 13.6. The largest absolute Gasteiger partial charge is 0.355 e. The number of hydrogen-bond donors (Lipinski definition) is 1. The van der Waals surface area contributed by atoms with Gasteiger partial charge in [0.1, 0.15) is 5.82 Å². The summed E-state index contributed by atoms with van der Waals surface area (Å²) in [5.74, 6) is -0.104. The van der Waals surface area contributed by atoms with E-state index in [0.717, 1.165) is 31.5 Å². The minimum absolute atomic E-state index is 0.0182. The second kappa shape index (κ2) is 7.39. The van der Waals surface area contributed by atoms with Crippen LogP contribution in [-0.2, 0) is 11.2 Å². The van der Waals surface area contributed by atoms with E-state index in [0.29, 0.717) is 12.6 Å². The van der Waals surface area contributed by atoms with Gasteiger partial charge >= 0.3 is 0 Å². The highest BCUT2D eigenvalue weighted by molar-refractivity contribution is 5.72. The number of hydrogen-bond acceptors (Lipinski definition) is 2. The SMILES string of the molecule is CC(=O)NCC1CCCCN1CCc1ccccc1F. The maximum atomic E-state index is 13.6. The van der Waals surface area contributed by atoms with E-state index >= 15 is 0 Å². The number of nitrogens with zero attached hydrogens (tertiary/aromatic N) is 1. The lowest BCUT2D eigenvalue weighted by Gasteiger charge is -2.35. The average Bonchev–Trinajstić information content (AvgIpc) is 2.45. The Kier molecular flexibility index (Phi) is 5.53. The van der Waals surface area contributed by atoms with Gasteiger partial charge in [-0.25, -0.2) is 4.39 Å². The van der Waals surface area contributed by atoms with Crippen LogP contribution in [0.25, 0.3) is 0 Å². The van der Waals surface area contributed by atoms with E-state index in [1.54, 1.807) is 13.0 Å². The maximum Gasteiger partial charge on any atom is 0.216 e. The first-order chi connectivity index (χ1) is 9.66. The number of benzene rings is 1. The standard InChI is InChI=1S/C16H23FN2O/c1-13(20)18-12-15-7-4-5-10-19(15)11-9-14-6-2-3-8-16(14)17/h2-3,6,8,15H,4-5,7,9-12H2,1H3,(H,18,20). The number of carbonyl (C=O) groups excluding carboxylic acids is 1. The van der Waals surface area contributed by atoms with Gasteiger partial charge in [-0.1, -0.05) is 24.6 Å². The number of likely N-dealkylation sites (tertiary alicyclic amines) is 1. The normalized spacial score (nSPS) is 19.8. The van der Waals surface area contributed by atoms with Crippen LogP contribution in [0.5, 0.6) is 0 Å². The zero-order valence-corrected chi connectivity index (χ0v) is 12.1. The predicted octanol–water partition coefficient (Wildman–Crippen LogP) is 2.36. The number of rotatable bonds is 5. The lowest BCUT2D eigenvalue weighted by Crippen LogP contribution is -2.47. The molecule has 0 bridgehead atoms. The van der Waals surface area contributed by atoms with E-state index in [1.807, 2.05) is 12.1 Å². The van der Waals surface area contributed by atoms with E-state index in [2.05, 4.69) is 10.2 Å². The van der Waals surface area contributed by atoms with E-state index in [-0.39, 0.29) is 11.7 Å². The second-order valence-electron chi connectivity index (χ2n) is 5.46. The highest BCUT2D eigenvalue weighted by Crippen LogP contribution is 2.17. The number of nitrogens with one attached hydrogen (secondary N) is 1. The van der Waals surface area contributed by atoms with Crippen LogP contribution in [0.15, 0.2) is 24.3 Å². The van der Waals surface area contributed by atoms with Crippen molar-refractivity contribution in [1.29, 1.82) is 0 Å². The fraction of sp³-hybridized carbons (Fsp3) is 0.562. The molecular formula is C16H23FN2O. The summed E-state index contributed by atoms with van der Waals surface area (Å²) >= 11 is 0. The van der Waals surface area contributed by atoms with Crippen molar-refractivity contribution >= 4 is 5.91 Å². The Balaban J connectivity index is 1.88. The molecule has 0 spiro atoms. The molecular weight excluding hydrogens is 255 g/mol. The van der Waals surface area contributed by atoms with Crippen LogP contribution in [-0.4, -0.2) is 36.5 Å². The molecule has 1 amide bonds. The minimum Gasteiger partial charge on any atom is -0.355 e. The van der Waals surface area contributed by atoms with Crippen LogP contribution in [0.2, 0.25) is 0 Å². The third-order valence-electron chi connectivity index (χ3n) is 3.96. The fourth-order valence-electron chi connectivity index (χ4n) is 2.81. The lowest BCUT2D eigenvalue weighted by molar-refractivity contribution is -0.119. The first-order valence-electron chi connectivity index (χ1n) is 7.38. The Morgan fingerprint density at radius 1 is 1.40 bits per heavy atom. The summed E-state index contributed by atoms with van der Waals surface area (Å²) in [7, 11) is 0. The van der Waals surface area contributed by atoms with Crippen LogP contribution in [0.3, 0.4) is 0 Å². The third kappa shape index (κ3) is 4.30. The molecule has 1 N–H and O–H groups in total. The highest BCUT2D eigenvalue weighted by Gasteiger charge is 2.22. The van der Waals surface area contributed by atoms with Gasteiger partial charge in [-0.3, -0.25) is 9.69 Å². The monoisotopic (exact) mass is 278 g/mol. The van der Waals surface area contributed by atoms with Gasteiger partial charge < -0.3 is 5.32 Å². The lowest BCUT2D eigenvalue weighted by atomic mass is 10.0. The molecule has 20 heavy (non-hydrogen) atoms. The molecule has 1 unspecified atom stereocenters. The Bertz CT molecular complexity index is 450. The summed E-state index contributed by atoms with van der Waals surface area (Å²) in [6.07, 6.45) is 4.23. The van der Waals surface area contributed by atoms with Crippen molar-refractivity contribution in [3.05, 3.63) is 35.6 Å². The van der Waals surface area contributed by atoms with E-state index in [9.17, 15) is 9.18 Å². The van der Waals surface area contributed by atoms with Crippen LogP contribution in [0.1, 0.15) is 31.7 Å². The summed E-state index contributed by atoms with van der Waals surface area (Å²) in [4.78, 5) is 13.4. The van der Waals surface area contributed by atoms with Crippen molar-refractivity contribution in [3.63, 3.8) is 0 Å². The topological polar surface area (TPSA) is 32.3 Å². The summed E-state index contributed by atoms with van der Waals surface area (Å²) in [6.45, 7) is 4.14. The van der Waals surface area contributed by atoms with Crippen LogP contribution in [0, 0.1) is 5.82 Å². The number of carbonyl (C=O) groups is 1. The molecule has 0 saturated carbocycles. The molecule has 1 heterocycles. The van der Waals surface area contributed by atoms with Gasteiger partial charge in [-0.05, 0) is 37.4 Å². The molecule has 1 atom stereocenters. The molecule has 110 valence electrons. The molecule has 4 heteroatoms. The summed E-state index contributed by atoms with van der Waals surface area (Å²) in [5.41, 5.74) is 0.774. The molecule has 3 nitrogen and oxygen atoms in total. The van der Waals surface area contributed by atoms with Crippen molar-refractivity contribution in [1.82, 2.24) is 10.2 Å². The molecule has 1 fully saturated rings. The van der Waals surface area contributed by atoms with E-state index in [1.165, 1.54) is 18.9 Å². The van der Waals surface area contributed by atoms with Gasteiger partial charge in [-0.2, -0.15) is 0 Å². The van der Waals surface area contributed by atoms with Gasteiger partial charge in [0, 0.05) is 26.1 Å². The smallest absolute Gasteiger partial charge is 0.216 e. The van der Waals surface area contributed by atoms with Gasteiger partial charge in [0.25, 0.3) is 0 Å². The second-order valence-corrected chi connectivity index (χ2v) is 5.46. The zero-order valence-electron chi connectivity index (χ0n) is 12.1. The quantitative estimate of drug-likeness (QED) is 0.896. The van der Waals surface area contributed by atoms with Crippen LogP contribution >= 0.6 is 0 Å². The van der Waals surface area contributed by atoms with Crippen molar-refractivity contribution < 1.29 is 9.18 Å². The Morgan fingerprint density at radius 2 is 2.20 bits per heavy atom. The highest BCUT2D eigenvalue weighted by atomic mass is 19.1. The van der Waals surface area contributed by atoms with Gasteiger partial charge in [0.15, 0.2) is 0 Å². The van der Waals surface area contributed by atoms with Gasteiger partial charge in [0.05, 0.1) is 0 Å². The molecule has 1 aliphatic heterocycles. The number of halogens is 1. The number of amides is 1. The summed E-state index contributed by atoms with van der Waals surface area (Å²) < 4.78 is 13.6. The molecule has 0 radical (unpaired) electrons. The summed E-state index contributed by atoms with van der Waals surface area (Å²) in [5, 5.41) is 2.90. The molecule has 2 rings (SSSR count). The number of piperidine rings is 1. The van der Waals surface area contributed by atoms with Gasteiger partial charge in [-0.15, -0.1) is 0 Å². The summed E-state index contributed by atoms with van der Waals surface area (Å²) in [6, 6.07) is 7.35. The Hall–Kier alpha value is -1.42. The van der Waals surface area contributed by atoms with Crippen molar-refractivity contribution in [2.75, 3.05) is 19.6 Å². The molecule has 0 aliphatic carbocycles. The zero-order chi connectivity index (χ0) is 14.4. The van der Waals surface area contributed by atoms with E-state index in [4.69, 9.17) is 0 Å². The van der Waals surface area contributed by atoms with Crippen molar-refractivity contribution in [3.8, 4) is 0 Å². The molecule has 1 saturated heterocycles. The van der Waals surface area contributed by atoms with Crippen LogP contribution < -0.4 is 5.32 Å². The Labute approximate surface area is 120 Å². The van der Waals surface area contributed by atoms with Crippen molar-refractivity contribution in [2.24, 2.45) is 0 Å².